The minimum Gasteiger partial charge on any atom is -0.393 e. The highest BCUT2D eigenvalue weighted by molar-refractivity contribution is 5.28. The first-order valence-corrected chi connectivity index (χ1v) is 9.21. The highest BCUT2D eigenvalue weighted by Crippen LogP contribution is 2.64. The van der Waals surface area contributed by atoms with Crippen LogP contribution in [-0.4, -0.2) is 44.8 Å². The van der Waals surface area contributed by atoms with Crippen LogP contribution in [0.3, 0.4) is 0 Å². The van der Waals surface area contributed by atoms with E-state index in [2.05, 4.69) is 13.8 Å². The molecule has 0 aromatic rings. The second kappa shape index (κ2) is 5.04. The molecule has 7 unspecified atom stereocenters. The Morgan fingerprint density at radius 3 is 2.48 bits per heavy atom. The molecule has 0 saturated heterocycles. The molecule has 0 spiro atoms. The van der Waals surface area contributed by atoms with E-state index in [0.29, 0.717) is 18.8 Å². The van der Waals surface area contributed by atoms with Crippen molar-refractivity contribution in [2.45, 2.75) is 76.8 Å². The molecule has 23 heavy (non-hydrogen) atoms. The summed E-state index contributed by atoms with van der Waals surface area (Å²) in [4.78, 5) is 0. The Balaban J connectivity index is 1.73. The van der Waals surface area contributed by atoms with Gasteiger partial charge >= 0.3 is 0 Å². The zero-order chi connectivity index (χ0) is 16.6. The van der Waals surface area contributed by atoms with Crippen LogP contribution >= 0.6 is 0 Å². The molecule has 4 N–H and O–H groups in total. The Morgan fingerprint density at radius 2 is 1.74 bits per heavy atom. The maximum Gasteiger partial charge on any atom is 0.0855 e. The monoisotopic (exact) mass is 322 g/mol. The first-order valence-electron chi connectivity index (χ1n) is 9.21. The van der Waals surface area contributed by atoms with E-state index in [1.54, 1.807) is 0 Å². The smallest absolute Gasteiger partial charge is 0.0855 e. The number of hydrogen-bond donors (Lipinski definition) is 4. The van der Waals surface area contributed by atoms with Crippen molar-refractivity contribution in [2.75, 3.05) is 0 Å². The van der Waals surface area contributed by atoms with Gasteiger partial charge in [0.15, 0.2) is 0 Å². The number of rotatable bonds is 0. The number of hydrogen-bond acceptors (Lipinski definition) is 4. The summed E-state index contributed by atoms with van der Waals surface area (Å²) in [5.41, 5.74) is 1.01. The first-order chi connectivity index (χ1) is 10.8. The van der Waals surface area contributed by atoms with Gasteiger partial charge < -0.3 is 20.4 Å². The molecule has 0 aromatic carbocycles. The second-order valence-corrected chi connectivity index (χ2v) is 9.08. The molecule has 0 aromatic heterocycles. The molecule has 0 aliphatic heterocycles. The largest absolute Gasteiger partial charge is 0.393 e. The van der Waals surface area contributed by atoms with Gasteiger partial charge in [-0.25, -0.2) is 0 Å². The van der Waals surface area contributed by atoms with E-state index in [0.717, 1.165) is 25.7 Å². The van der Waals surface area contributed by atoms with Gasteiger partial charge in [-0.3, -0.25) is 0 Å². The third kappa shape index (κ3) is 2.05. The molecule has 4 nitrogen and oxygen atoms in total. The van der Waals surface area contributed by atoms with Crippen molar-refractivity contribution in [3.05, 3.63) is 11.6 Å². The van der Waals surface area contributed by atoms with Crippen LogP contribution in [0.15, 0.2) is 11.6 Å². The molecule has 4 aliphatic carbocycles. The molecule has 4 rings (SSSR count). The Labute approximate surface area is 138 Å². The summed E-state index contributed by atoms with van der Waals surface area (Å²) < 4.78 is 0. The van der Waals surface area contributed by atoms with Crippen molar-refractivity contribution in [1.82, 2.24) is 0 Å². The fraction of sp³-hybridized carbons (Fsp3) is 0.895. The van der Waals surface area contributed by atoms with Crippen LogP contribution in [-0.2, 0) is 0 Å². The van der Waals surface area contributed by atoms with Gasteiger partial charge in [-0.15, -0.1) is 0 Å². The van der Waals surface area contributed by atoms with Crippen LogP contribution in [0, 0.1) is 28.6 Å². The minimum atomic E-state index is -0.674. The van der Waals surface area contributed by atoms with Gasteiger partial charge in [0, 0.05) is 0 Å². The quantitative estimate of drug-likeness (QED) is 0.511. The Bertz CT molecular complexity index is 531. The van der Waals surface area contributed by atoms with Crippen LogP contribution < -0.4 is 0 Å². The lowest BCUT2D eigenvalue weighted by atomic mass is 9.47. The van der Waals surface area contributed by atoms with Gasteiger partial charge in [-0.2, -0.15) is 0 Å². The molecule has 0 bridgehead atoms. The Kier molecular flexibility index (Phi) is 3.52. The molecule has 4 heteroatoms. The van der Waals surface area contributed by atoms with E-state index in [9.17, 15) is 20.4 Å². The number of aliphatic hydroxyl groups is 4. The topological polar surface area (TPSA) is 80.9 Å². The summed E-state index contributed by atoms with van der Waals surface area (Å²) in [7, 11) is 0. The summed E-state index contributed by atoms with van der Waals surface area (Å²) in [6, 6.07) is 0. The predicted molar refractivity (Wildman–Crippen MR) is 86.5 cm³/mol. The molecule has 3 saturated carbocycles. The first kappa shape index (κ1) is 16.1. The van der Waals surface area contributed by atoms with Crippen molar-refractivity contribution >= 4 is 0 Å². The summed E-state index contributed by atoms with van der Waals surface area (Å²) in [6.45, 7) is 4.40. The van der Waals surface area contributed by atoms with E-state index in [1.807, 2.05) is 6.08 Å². The minimum absolute atomic E-state index is 0.0585. The van der Waals surface area contributed by atoms with E-state index in [-0.39, 0.29) is 28.8 Å². The Morgan fingerprint density at radius 1 is 1.00 bits per heavy atom. The predicted octanol–water partition coefficient (Wildman–Crippen LogP) is 1.61. The molecule has 0 radical (unpaired) electrons. The van der Waals surface area contributed by atoms with Gasteiger partial charge in [-0.1, -0.05) is 25.5 Å². The van der Waals surface area contributed by atoms with E-state index >= 15 is 0 Å². The summed E-state index contributed by atoms with van der Waals surface area (Å²) in [5, 5.41) is 41.6. The van der Waals surface area contributed by atoms with Gasteiger partial charge in [0.05, 0.1) is 24.4 Å². The third-order valence-corrected chi connectivity index (χ3v) is 8.08. The van der Waals surface area contributed by atoms with Crippen molar-refractivity contribution < 1.29 is 20.4 Å². The van der Waals surface area contributed by atoms with Crippen molar-refractivity contribution in [1.29, 1.82) is 0 Å². The summed E-state index contributed by atoms with van der Waals surface area (Å²) in [5.74, 6) is 0.674. The SMILES string of the molecule is CC12CC[C@@H](O)CC1=C[C@@H](O)C1C2CCC2(C)C(O)C(O)CC12. The molecule has 4 aliphatic rings. The molecule has 130 valence electrons. The molecule has 9 atom stereocenters. The number of fused-ring (bicyclic) bond motifs is 5. The maximum absolute atomic E-state index is 10.9. The summed E-state index contributed by atoms with van der Waals surface area (Å²) in [6.07, 6.45) is 4.85. The average Bonchev–Trinajstić information content (AvgIpc) is 2.73. The van der Waals surface area contributed by atoms with Crippen molar-refractivity contribution in [3.63, 3.8) is 0 Å². The fourth-order valence-electron chi connectivity index (χ4n) is 6.62. The molecule has 0 amide bonds. The maximum atomic E-state index is 10.9. The van der Waals surface area contributed by atoms with Gasteiger partial charge in [0.25, 0.3) is 0 Å². The average molecular weight is 322 g/mol. The van der Waals surface area contributed by atoms with Gasteiger partial charge in [-0.05, 0) is 67.1 Å². The van der Waals surface area contributed by atoms with Crippen molar-refractivity contribution in [3.8, 4) is 0 Å². The van der Waals surface area contributed by atoms with Crippen LogP contribution in [0.5, 0.6) is 0 Å². The highest BCUT2D eigenvalue weighted by atomic mass is 16.3. The molecular weight excluding hydrogens is 292 g/mol. The lowest BCUT2D eigenvalue weighted by Gasteiger charge is -2.58. The van der Waals surface area contributed by atoms with Gasteiger partial charge in [0.1, 0.15) is 0 Å². The Hall–Kier alpha value is -0.420. The summed E-state index contributed by atoms with van der Waals surface area (Å²) >= 11 is 0. The van der Waals surface area contributed by atoms with Crippen LogP contribution in [0.25, 0.3) is 0 Å². The standard InChI is InChI=1S/C19H30O4/c1-18-5-3-11(20)7-10(18)8-14(21)16-12(18)4-6-19(2)13(16)9-15(22)17(19)23/h8,11-17,20-23H,3-7,9H2,1-2H3/t11-,12?,13?,14-,15?,16?,17?,18?,19?/m1/s1. The zero-order valence-electron chi connectivity index (χ0n) is 14.2. The van der Waals surface area contributed by atoms with Gasteiger partial charge in [0.2, 0.25) is 0 Å². The highest BCUT2D eigenvalue weighted by Gasteiger charge is 2.62. The van der Waals surface area contributed by atoms with E-state index in [1.165, 1.54) is 5.57 Å². The zero-order valence-corrected chi connectivity index (χ0v) is 14.2. The second-order valence-electron chi connectivity index (χ2n) is 9.08. The van der Waals surface area contributed by atoms with Crippen LogP contribution in [0.4, 0.5) is 0 Å². The fourth-order valence-corrected chi connectivity index (χ4v) is 6.62. The van der Waals surface area contributed by atoms with E-state index < -0.39 is 18.3 Å². The lowest BCUT2D eigenvalue weighted by Crippen LogP contribution is -2.55. The van der Waals surface area contributed by atoms with Crippen LogP contribution in [0.2, 0.25) is 0 Å². The molecule has 0 heterocycles. The number of aliphatic hydroxyl groups excluding tert-OH is 4. The molecule has 3 fully saturated rings. The molecular formula is C19H30O4. The van der Waals surface area contributed by atoms with Crippen molar-refractivity contribution in [2.24, 2.45) is 28.6 Å². The third-order valence-electron chi connectivity index (χ3n) is 8.08. The lowest BCUT2D eigenvalue weighted by molar-refractivity contribution is -0.110. The van der Waals surface area contributed by atoms with E-state index in [4.69, 9.17) is 0 Å². The van der Waals surface area contributed by atoms with Crippen LogP contribution in [0.1, 0.15) is 52.4 Å². The normalized spacial score (nSPS) is 58.9.